The van der Waals surface area contributed by atoms with Gasteiger partial charge in [0.25, 0.3) is 0 Å². The van der Waals surface area contributed by atoms with Gasteiger partial charge < -0.3 is 10.0 Å². The molecule has 0 aliphatic carbocycles. The number of hydrogen-bond acceptors (Lipinski definition) is 3. The first-order valence-corrected chi connectivity index (χ1v) is 5.66. The number of hydrogen-bond donors (Lipinski definition) is 1. The van der Waals surface area contributed by atoms with Crippen LogP contribution in [-0.4, -0.2) is 35.6 Å². The van der Waals surface area contributed by atoms with E-state index >= 15 is 0 Å². The monoisotopic (exact) mass is 224 g/mol. The van der Waals surface area contributed by atoms with Crippen LogP contribution in [-0.2, 0) is 4.79 Å². The maximum atomic E-state index is 11.0. The third kappa shape index (κ3) is 2.96. The van der Waals surface area contributed by atoms with Crippen LogP contribution < -0.4 is 0 Å². The van der Waals surface area contributed by atoms with Crippen LogP contribution in [0.4, 0.5) is 0 Å². The minimum atomic E-state index is -0.763. The summed E-state index contributed by atoms with van der Waals surface area (Å²) < 4.78 is 0. The minimum absolute atomic E-state index is 0.218. The van der Waals surface area contributed by atoms with E-state index in [4.69, 9.17) is 10.4 Å². The van der Waals surface area contributed by atoms with Gasteiger partial charge in [-0.15, -0.1) is 0 Å². The molecule has 1 aliphatic rings. The predicted octanol–water partition coefficient (Wildman–Crippen LogP) is 1.72. The molecule has 0 radical (unpaired) electrons. The molecule has 0 saturated carbocycles. The smallest absolute Gasteiger partial charge is 0.310 e. The van der Waals surface area contributed by atoms with Gasteiger partial charge in [-0.25, -0.2) is 0 Å². The van der Waals surface area contributed by atoms with Gasteiger partial charge in [0.2, 0.25) is 0 Å². The highest BCUT2D eigenvalue weighted by atomic mass is 16.4. The lowest BCUT2D eigenvalue weighted by Crippen LogP contribution is -2.45. The van der Waals surface area contributed by atoms with Gasteiger partial charge in [-0.05, 0) is 46.7 Å². The molecule has 0 unspecified atom stereocenters. The van der Waals surface area contributed by atoms with Crippen molar-refractivity contribution in [2.24, 2.45) is 10.8 Å². The molecule has 0 aromatic heterocycles. The molecule has 1 fully saturated rings. The van der Waals surface area contributed by atoms with E-state index in [0.29, 0.717) is 6.54 Å². The van der Waals surface area contributed by atoms with Gasteiger partial charge in [-0.1, -0.05) is 0 Å². The minimum Gasteiger partial charge on any atom is -0.481 e. The van der Waals surface area contributed by atoms with Crippen LogP contribution in [0.3, 0.4) is 0 Å². The van der Waals surface area contributed by atoms with Crippen molar-refractivity contribution in [2.45, 2.75) is 33.6 Å². The van der Waals surface area contributed by atoms with Crippen LogP contribution in [0.25, 0.3) is 0 Å². The molecule has 0 bridgehead atoms. The summed E-state index contributed by atoms with van der Waals surface area (Å²) in [6, 6.07) is 2.34. The van der Waals surface area contributed by atoms with E-state index in [2.05, 4.69) is 11.0 Å². The average molecular weight is 224 g/mol. The first kappa shape index (κ1) is 13.0. The molecule has 0 atom stereocenters. The number of carbonyl (C=O) groups is 1. The molecule has 0 spiro atoms. The van der Waals surface area contributed by atoms with Gasteiger partial charge in [0.1, 0.15) is 0 Å². The number of nitrogens with zero attached hydrogens (tertiary/aromatic N) is 2. The number of likely N-dealkylation sites (tertiary alicyclic amines) is 1. The van der Waals surface area contributed by atoms with Gasteiger partial charge in [-0.2, -0.15) is 5.26 Å². The predicted molar refractivity (Wildman–Crippen MR) is 60.8 cm³/mol. The first-order valence-electron chi connectivity index (χ1n) is 5.66. The Hall–Kier alpha value is -1.08. The van der Waals surface area contributed by atoms with Crippen molar-refractivity contribution >= 4 is 5.97 Å². The Bertz CT molecular complexity index is 309. The zero-order valence-corrected chi connectivity index (χ0v) is 10.3. The van der Waals surface area contributed by atoms with Crippen molar-refractivity contribution in [1.29, 1.82) is 5.26 Å². The van der Waals surface area contributed by atoms with Gasteiger partial charge in [0.15, 0.2) is 0 Å². The molecule has 1 saturated heterocycles. The van der Waals surface area contributed by atoms with E-state index in [0.717, 1.165) is 25.9 Å². The van der Waals surface area contributed by atoms with Gasteiger partial charge in [0.05, 0.1) is 16.9 Å². The maximum Gasteiger partial charge on any atom is 0.310 e. The fraction of sp³-hybridized carbons (Fsp3) is 0.833. The lowest BCUT2D eigenvalue weighted by atomic mass is 9.81. The number of nitriles is 1. The van der Waals surface area contributed by atoms with Crippen LogP contribution in [0, 0.1) is 22.2 Å². The number of rotatable bonds is 3. The lowest BCUT2D eigenvalue weighted by Gasteiger charge is -2.37. The second kappa shape index (κ2) is 4.42. The summed E-state index contributed by atoms with van der Waals surface area (Å²) in [7, 11) is 0. The van der Waals surface area contributed by atoms with Crippen molar-refractivity contribution < 1.29 is 9.90 Å². The Morgan fingerprint density at radius 2 is 2.00 bits per heavy atom. The third-order valence-electron chi connectivity index (χ3n) is 3.43. The number of aliphatic carboxylic acids is 1. The Labute approximate surface area is 96.9 Å². The number of piperidine rings is 1. The molecule has 90 valence electrons. The summed E-state index contributed by atoms with van der Waals surface area (Å²) in [4.78, 5) is 13.1. The van der Waals surface area contributed by atoms with E-state index in [1.807, 2.05) is 6.92 Å². The fourth-order valence-electron chi connectivity index (χ4n) is 1.94. The topological polar surface area (TPSA) is 64.3 Å². The molecular formula is C12H20N2O2. The van der Waals surface area contributed by atoms with Crippen LogP contribution in [0.1, 0.15) is 33.6 Å². The van der Waals surface area contributed by atoms with Gasteiger partial charge in [-0.3, -0.25) is 4.79 Å². The molecule has 4 heteroatoms. The Morgan fingerprint density at radius 3 is 2.38 bits per heavy atom. The second-order valence-electron chi connectivity index (χ2n) is 5.64. The lowest BCUT2D eigenvalue weighted by molar-refractivity contribution is -0.148. The second-order valence-corrected chi connectivity index (χ2v) is 5.64. The van der Waals surface area contributed by atoms with Crippen LogP contribution in [0.2, 0.25) is 0 Å². The van der Waals surface area contributed by atoms with E-state index in [1.165, 1.54) is 0 Å². The van der Waals surface area contributed by atoms with E-state index in [9.17, 15) is 4.79 Å². The molecule has 4 nitrogen and oxygen atoms in total. The third-order valence-corrected chi connectivity index (χ3v) is 3.43. The van der Waals surface area contributed by atoms with Crippen molar-refractivity contribution in [1.82, 2.24) is 4.90 Å². The summed E-state index contributed by atoms with van der Waals surface area (Å²) in [6.45, 7) is 7.67. The number of carboxylic acid groups (broad SMARTS) is 1. The Balaban J connectivity index is 2.51. The van der Waals surface area contributed by atoms with Crippen LogP contribution in [0.5, 0.6) is 0 Å². The molecule has 0 aromatic rings. The maximum absolute atomic E-state index is 11.0. The Morgan fingerprint density at radius 1 is 1.50 bits per heavy atom. The summed E-state index contributed by atoms with van der Waals surface area (Å²) in [5, 5.41) is 18.0. The molecular weight excluding hydrogens is 204 g/mol. The molecule has 1 rings (SSSR count). The van der Waals surface area contributed by atoms with Gasteiger partial charge in [0, 0.05) is 6.54 Å². The zero-order chi connectivity index (χ0) is 12.4. The first-order chi connectivity index (χ1) is 7.29. The molecule has 1 aliphatic heterocycles. The summed E-state index contributed by atoms with van der Waals surface area (Å²) in [5.74, 6) is -0.763. The van der Waals surface area contributed by atoms with Crippen molar-refractivity contribution in [3.8, 4) is 6.07 Å². The fourth-order valence-corrected chi connectivity index (χ4v) is 1.94. The molecule has 1 N–H and O–H groups in total. The normalized spacial score (nSPS) is 21.4. The summed E-state index contributed by atoms with van der Waals surface area (Å²) in [6.07, 6.45) is 1.67. The van der Waals surface area contributed by atoms with Crippen LogP contribution in [0.15, 0.2) is 0 Å². The quantitative estimate of drug-likeness (QED) is 0.792. The van der Waals surface area contributed by atoms with Gasteiger partial charge >= 0.3 is 5.97 Å². The highest BCUT2D eigenvalue weighted by Gasteiger charge is 2.34. The molecule has 16 heavy (non-hydrogen) atoms. The molecule has 0 amide bonds. The van der Waals surface area contributed by atoms with E-state index < -0.39 is 11.4 Å². The highest BCUT2D eigenvalue weighted by Crippen LogP contribution is 2.31. The van der Waals surface area contributed by atoms with E-state index in [1.54, 1.807) is 13.8 Å². The van der Waals surface area contributed by atoms with Crippen molar-refractivity contribution in [2.75, 3.05) is 19.6 Å². The average Bonchev–Trinajstić information content (AvgIpc) is 2.21. The van der Waals surface area contributed by atoms with Crippen molar-refractivity contribution in [3.05, 3.63) is 0 Å². The highest BCUT2D eigenvalue weighted by molar-refractivity contribution is 5.73. The number of carboxylic acids is 1. The zero-order valence-electron chi connectivity index (χ0n) is 10.3. The van der Waals surface area contributed by atoms with Crippen molar-refractivity contribution in [3.63, 3.8) is 0 Å². The molecule has 1 heterocycles. The molecule has 0 aromatic carbocycles. The largest absolute Gasteiger partial charge is 0.481 e. The standard InChI is InChI=1S/C12H20N2O2/c1-11(2,10(15)16)9-14-6-4-12(3,8-13)5-7-14/h4-7,9H2,1-3H3,(H,15,16). The Kier molecular flexibility index (Phi) is 3.59. The summed E-state index contributed by atoms with van der Waals surface area (Å²) in [5.41, 5.74) is -0.926. The van der Waals surface area contributed by atoms with E-state index in [-0.39, 0.29) is 5.41 Å². The SMILES string of the molecule is CC1(C#N)CCN(CC(C)(C)C(=O)O)CC1. The summed E-state index contributed by atoms with van der Waals surface area (Å²) >= 11 is 0. The van der Waals surface area contributed by atoms with Crippen LogP contribution >= 0.6 is 0 Å².